The SMILES string of the molecule is CC[C@@H](C)NC(=O)[C@H](Cc1ccccc1)N(Cc1ccc(F)cc1)C(=O)CN(c1cc(Cl)cc(Cl)c1)S(=O)(=O)c1ccc(C)cc1. The summed E-state index contributed by atoms with van der Waals surface area (Å²) in [4.78, 5) is 29.7. The monoisotopic (exact) mass is 683 g/mol. The maximum Gasteiger partial charge on any atom is 0.264 e. The summed E-state index contributed by atoms with van der Waals surface area (Å²) in [5, 5.41) is 3.34. The molecule has 0 aliphatic rings. The zero-order valence-electron chi connectivity index (χ0n) is 25.8. The van der Waals surface area contributed by atoms with Crippen LogP contribution in [0.3, 0.4) is 0 Å². The van der Waals surface area contributed by atoms with Crippen LogP contribution in [0.2, 0.25) is 10.0 Å². The first-order valence-corrected chi connectivity index (χ1v) is 17.0. The Labute approximate surface area is 280 Å². The number of benzene rings is 4. The van der Waals surface area contributed by atoms with Crippen LogP contribution < -0.4 is 9.62 Å². The molecule has 11 heteroatoms. The second-order valence-electron chi connectivity index (χ2n) is 11.1. The van der Waals surface area contributed by atoms with E-state index in [-0.39, 0.29) is 39.6 Å². The van der Waals surface area contributed by atoms with Crippen LogP contribution in [0.1, 0.15) is 37.0 Å². The highest BCUT2D eigenvalue weighted by Gasteiger charge is 2.35. The number of halogens is 3. The molecule has 4 aromatic carbocycles. The van der Waals surface area contributed by atoms with Crippen LogP contribution in [-0.4, -0.2) is 43.8 Å². The summed E-state index contributed by atoms with van der Waals surface area (Å²) in [6, 6.07) is 24.1. The molecule has 46 heavy (non-hydrogen) atoms. The fourth-order valence-electron chi connectivity index (χ4n) is 4.83. The number of nitrogens with one attached hydrogen (secondary N) is 1. The summed E-state index contributed by atoms with van der Waals surface area (Å²) >= 11 is 12.6. The van der Waals surface area contributed by atoms with Crippen LogP contribution in [0, 0.1) is 12.7 Å². The third kappa shape index (κ3) is 9.09. The highest BCUT2D eigenvalue weighted by atomic mass is 35.5. The lowest BCUT2D eigenvalue weighted by Crippen LogP contribution is -2.54. The third-order valence-corrected chi connectivity index (χ3v) is 9.79. The Morgan fingerprint density at radius 1 is 0.870 bits per heavy atom. The average molecular weight is 685 g/mol. The molecule has 0 unspecified atom stereocenters. The van der Waals surface area contributed by atoms with Gasteiger partial charge in [-0.25, -0.2) is 12.8 Å². The Bertz CT molecular complexity index is 1740. The fraction of sp³-hybridized carbons (Fsp3) is 0.257. The summed E-state index contributed by atoms with van der Waals surface area (Å²) in [7, 11) is -4.32. The van der Waals surface area contributed by atoms with Crippen LogP contribution >= 0.6 is 23.2 Å². The van der Waals surface area contributed by atoms with Gasteiger partial charge in [-0.15, -0.1) is 0 Å². The maximum atomic E-state index is 14.5. The fourth-order valence-corrected chi connectivity index (χ4v) is 6.74. The van der Waals surface area contributed by atoms with Crippen LogP contribution in [0.5, 0.6) is 0 Å². The molecule has 0 radical (unpaired) electrons. The molecule has 0 aromatic heterocycles. The van der Waals surface area contributed by atoms with Gasteiger partial charge in [0.05, 0.1) is 10.6 Å². The number of rotatable bonds is 13. The van der Waals surface area contributed by atoms with E-state index in [9.17, 15) is 22.4 Å². The van der Waals surface area contributed by atoms with Crippen LogP contribution in [0.4, 0.5) is 10.1 Å². The van der Waals surface area contributed by atoms with Crippen molar-refractivity contribution in [2.75, 3.05) is 10.8 Å². The first-order chi connectivity index (χ1) is 21.9. The Kier molecular flexibility index (Phi) is 11.8. The van der Waals surface area contributed by atoms with Gasteiger partial charge in [-0.05, 0) is 73.9 Å². The minimum Gasteiger partial charge on any atom is -0.352 e. The van der Waals surface area contributed by atoms with Crippen molar-refractivity contribution in [1.82, 2.24) is 10.2 Å². The first kappa shape index (κ1) is 34.9. The minimum absolute atomic E-state index is 0.0394. The van der Waals surface area contributed by atoms with Gasteiger partial charge < -0.3 is 10.2 Å². The molecule has 2 atom stereocenters. The van der Waals surface area contributed by atoms with Crippen LogP contribution in [-0.2, 0) is 32.6 Å². The van der Waals surface area contributed by atoms with Crippen molar-refractivity contribution in [2.45, 2.75) is 57.1 Å². The van der Waals surface area contributed by atoms with Crippen molar-refractivity contribution in [3.8, 4) is 0 Å². The van der Waals surface area contributed by atoms with E-state index in [1.807, 2.05) is 51.1 Å². The van der Waals surface area contributed by atoms with E-state index in [0.29, 0.717) is 12.0 Å². The lowest BCUT2D eigenvalue weighted by atomic mass is 10.0. The van der Waals surface area contributed by atoms with Crippen LogP contribution in [0.15, 0.2) is 102 Å². The minimum atomic E-state index is -4.32. The third-order valence-electron chi connectivity index (χ3n) is 7.56. The largest absolute Gasteiger partial charge is 0.352 e. The van der Waals surface area contributed by atoms with Gasteiger partial charge in [-0.1, -0.05) is 90.3 Å². The molecule has 1 N–H and O–H groups in total. The molecule has 0 saturated carbocycles. The quantitative estimate of drug-likeness (QED) is 0.162. The summed E-state index contributed by atoms with van der Waals surface area (Å²) in [5.74, 6) is -1.51. The van der Waals surface area contributed by atoms with E-state index >= 15 is 0 Å². The number of nitrogens with zero attached hydrogens (tertiary/aromatic N) is 2. The smallest absolute Gasteiger partial charge is 0.264 e. The van der Waals surface area contributed by atoms with Gasteiger partial charge in [-0.2, -0.15) is 0 Å². The predicted molar refractivity (Wildman–Crippen MR) is 181 cm³/mol. The lowest BCUT2D eigenvalue weighted by molar-refractivity contribution is -0.140. The van der Waals surface area contributed by atoms with Crippen molar-refractivity contribution in [2.24, 2.45) is 0 Å². The molecule has 0 fully saturated rings. The average Bonchev–Trinajstić information content (AvgIpc) is 3.02. The lowest BCUT2D eigenvalue weighted by Gasteiger charge is -2.34. The highest BCUT2D eigenvalue weighted by molar-refractivity contribution is 7.92. The Balaban J connectivity index is 1.83. The predicted octanol–water partition coefficient (Wildman–Crippen LogP) is 7.19. The van der Waals surface area contributed by atoms with Gasteiger partial charge in [-0.3, -0.25) is 13.9 Å². The molecule has 0 aliphatic carbocycles. The molecule has 0 saturated heterocycles. The van der Waals surface area contributed by atoms with Crippen molar-refractivity contribution in [1.29, 1.82) is 0 Å². The number of aryl methyl sites for hydroxylation is 1. The molecule has 4 aromatic rings. The number of carbonyl (C=O) groups excluding carboxylic acids is 2. The second-order valence-corrected chi connectivity index (χ2v) is 13.9. The number of sulfonamides is 1. The number of amides is 2. The Hall–Kier alpha value is -3.92. The second kappa shape index (κ2) is 15.6. The number of hydrogen-bond donors (Lipinski definition) is 1. The highest BCUT2D eigenvalue weighted by Crippen LogP contribution is 2.30. The molecule has 0 bridgehead atoms. The van der Waals surface area contributed by atoms with Gasteiger partial charge in [0.15, 0.2) is 0 Å². The zero-order valence-corrected chi connectivity index (χ0v) is 28.1. The molecule has 4 rings (SSSR count). The molecule has 242 valence electrons. The normalized spacial score (nSPS) is 12.7. The van der Waals surface area contributed by atoms with E-state index in [1.165, 1.54) is 59.5 Å². The summed E-state index contributed by atoms with van der Waals surface area (Å²) in [6.45, 7) is 4.87. The molecule has 0 heterocycles. The zero-order chi connectivity index (χ0) is 33.4. The molecular weight excluding hydrogens is 648 g/mol. The molecule has 2 amide bonds. The topological polar surface area (TPSA) is 86.8 Å². The molecule has 0 aliphatic heterocycles. The van der Waals surface area contributed by atoms with E-state index in [1.54, 1.807) is 12.1 Å². The van der Waals surface area contributed by atoms with E-state index in [0.717, 1.165) is 15.4 Å². The van der Waals surface area contributed by atoms with Crippen molar-refractivity contribution in [3.63, 3.8) is 0 Å². The Morgan fingerprint density at radius 3 is 2.07 bits per heavy atom. The van der Waals surface area contributed by atoms with Gasteiger partial charge in [0.1, 0.15) is 18.4 Å². The van der Waals surface area contributed by atoms with Gasteiger partial charge >= 0.3 is 0 Å². The van der Waals surface area contributed by atoms with E-state index in [4.69, 9.17) is 23.2 Å². The first-order valence-electron chi connectivity index (χ1n) is 14.8. The number of anilines is 1. The maximum absolute atomic E-state index is 14.5. The summed E-state index contributed by atoms with van der Waals surface area (Å²) in [5.41, 5.74) is 2.29. The van der Waals surface area contributed by atoms with Gasteiger partial charge in [0.2, 0.25) is 11.8 Å². The summed E-state index contributed by atoms with van der Waals surface area (Å²) < 4.78 is 43.1. The van der Waals surface area contributed by atoms with Crippen molar-refractivity contribution >= 4 is 50.7 Å². The molecular formula is C35H36Cl2FN3O4S. The molecule has 0 spiro atoms. The van der Waals surface area contributed by atoms with Crippen LogP contribution in [0.25, 0.3) is 0 Å². The summed E-state index contributed by atoms with van der Waals surface area (Å²) in [6.07, 6.45) is 0.817. The molecule has 7 nitrogen and oxygen atoms in total. The van der Waals surface area contributed by atoms with Gasteiger partial charge in [0.25, 0.3) is 10.0 Å². The van der Waals surface area contributed by atoms with E-state index in [2.05, 4.69) is 5.32 Å². The number of hydrogen-bond acceptors (Lipinski definition) is 4. The Morgan fingerprint density at radius 2 is 1.48 bits per heavy atom. The van der Waals surface area contributed by atoms with Gasteiger partial charge in [0, 0.05) is 29.1 Å². The standard InChI is InChI=1S/C35H36Cl2FN3O4S/c1-4-25(3)39-35(43)33(18-26-8-6-5-7-9-26)40(22-27-12-14-30(38)15-13-27)34(42)23-41(31-20-28(36)19-29(37)21-31)46(44,45)32-16-10-24(2)11-17-32/h5-17,19-21,25,33H,4,18,22-23H2,1-3H3,(H,39,43)/t25-,33+/m1/s1. The van der Waals surface area contributed by atoms with E-state index < -0.39 is 40.2 Å². The van der Waals surface area contributed by atoms with Crippen molar-refractivity contribution < 1.29 is 22.4 Å². The number of carbonyl (C=O) groups is 2. The van der Waals surface area contributed by atoms with Crippen molar-refractivity contribution in [3.05, 3.63) is 130 Å².